The zero-order valence-electron chi connectivity index (χ0n) is 16.6. The lowest BCUT2D eigenvalue weighted by Gasteiger charge is -2.17. The van der Waals surface area contributed by atoms with Crippen LogP contribution in [0.3, 0.4) is 0 Å². The summed E-state index contributed by atoms with van der Waals surface area (Å²) in [5.41, 5.74) is 3.56. The maximum absolute atomic E-state index is 12.7. The van der Waals surface area contributed by atoms with Crippen molar-refractivity contribution in [2.24, 2.45) is 5.92 Å². The number of aryl methyl sites for hydroxylation is 1. The van der Waals surface area contributed by atoms with Crippen molar-refractivity contribution in [3.8, 4) is 0 Å². The van der Waals surface area contributed by atoms with Crippen LogP contribution in [0, 0.1) is 12.8 Å². The average Bonchev–Trinajstić information content (AvgIpc) is 3.21. The summed E-state index contributed by atoms with van der Waals surface area (Å²) >= 11 is 0. The molecule has 0 radical (unpaired) electrons. The van der Waals surface area contributed by atoms with Crippen LogP contribution >= 0.6 is 0 Å². The van der Waals surface area contributed by atoms with Crippen LogP contribution in [-0.4, -0.2) is 22.9 Å². The lowest BCUT2D eigenvalue weighted by atomic mass is 10.1. The van der Waals surface area contributed by atoms with E-state index in [1.807, 2.05) is 45.0 Å². The smallest absolute Gasteiger partial charge is 0.408 e. The molecule has 1 aromatic heterocycles. The summed E-state index contributed by atoms with van der Waals surface area (Å²) in [6.07, 6.45) is 0.167. The maximum atomic E-state index is 12.7. The molecular weight excluding hydrogens is 370 g/mol. The van der Waals surface area contributed by atoms with Crippen LogP contribution < -0.4 is 16.0 Å². The van der Waals surface area contributed by atoms with Gasteiger partial charge in [-0.2, -0.15) is 0 Å². The quantitative estimate of drug-likeness (QED) is 0.735. The zero-order valence-corrected chi connectivity index (χ0v) is 16.6. The molecular formula is C22H23N3O4. The largest absolute Gasteiger partial charge is 0.420 e. The highest BCUT2D eigenvalue weighted by Gasteiger charge is 2.35. The minimum atomic E-state index is -0.438. The van der Waals surface area contributed by atoms with Crippen LogP contribution in [0.15, 0.2) is 51.7 Å². The maximum Gasteiger partial charge on any atom is 0.420 e. The number of rotatable bonds is 4. The number of nitrogens with one attached hydrogen (secondary N) is 1. The van der Waals surface area contributed by atoms with Gasteiger partial charge in [0.25, 0.3) is 0 Å². The number of nitrogens with zero attached hydrogens (tertiary/aromatic N) is 2. The number of amides is 2. The summed E-state index contributed by atoms with van der Waals surface area (Å²) in [5.74, 6) is -1.15. The lowest BCUT2D eigenvalue weighted by molar-refractivity contribution is -0.122. The molecule has 0 unspecified atom stereocenters. The summed E-state index contributed by atoms with van der Waals surface area (Å²) in [6.45, 7) is 6.14. The SMILES string of the molecule is Cc1ccc(N2C[C@@H](C(=O)Nc3ccc4c(c3)oc(=O)n4C(C)C)CC2=O)cc1. The second-order valence-electron chi connectivity index (χ2n) is 7.74. The minimum Gasteiger partial charge on any atom is -0.408 e. The van der Waals surface area contributed by atoms with Gasteiger partial charge >= 0.3 is 5.76 Å². The third kappa shape index (κ3) is 3.55. The number of benzene rings is 2. The monoisotopic (exact) mass is 393 g/mol. The predicted octanol–water partition coefficient (Wildman–Crippen LogP) is 3.48. The van der Waals surface area contributed by atoms with E-state index >= 15 is 0 Å². The van der Waals surface area contributed by atoms with E-state index in [4.69, 9.17) is 4.42 Å². The van der Waals surface area contributed by atoms with Crippen LogP contribution in [0.4, 0.5) is 11.4 Å². The Labute approximate surface area is 167 Å². The van der Waals surface area contributed by atoms with E-state index in [2.05, 4.69) is 5.32 Å². The third-order valence-electron chi connectivity index (χ3n) is 5.24. The van der Waals surface area contributed by atoms with Crippen molar-refractivity contribution >= 4 is 34.3 Å². The molecule has 1 fully saturated rings. The fourth-order valence-electron chi connectivity index (χ4n) is 3.70. The van der Waals surface area contributed by atoms with E-state index in [1.165, 1.54) is 0 Å². The molecule has 2 amide bonds. The summed E-state index contributed by atoms with van der Waals surface area (Å²) in [7, 11) is 0. The first kappa shape index (κ1) is 19.0. The summed E-state index contributed by atoms with van der Waals surface area (Å²) < 4.78 is 6.87. The number of hydrogen-bond donors (Lipinski definition) is 1. The lowest BCUT2D eigenvalue weighted by Crippen LogP contribution is -2.28. The molecule has 3 aromatic rings. The van der Waals surface area contributed by atoms with E-state index in [1.54, 1.807) is 27.7 Å². The van der Waals surface area contributed by atoms with Gasteiger partial charge < -0.3 is 14.6 Å². The number of fused-ring (bicyclic) bond motifs is 1. The van der Waals surface area contributed by atoms with Gasteiger partial charge in [-0.3, -0.25) is 14.2 Å². The minimum absolute atomic E-state index is 0.0264. The van der Waals surface area contributed by atoms with Crippen molar-refractivity contribution in [2.75, 3.05) is 16.8 Å². The zero-order chi connectivity index (χ0) is 20.7. The van der Waals surface area contributed by atoms with E-state index < -0.39 is 11.7 Å². The van der Waals surface area contributed by atoms with Crippen molar-refractivity contribution in [2.45, 2.75) is 33.2 Å². The predicted molar refractivity (Wildman–Crippen MR) is 111 cm³/mol. The van der Waals surface area contributed by atoms with Crippen LogP contribution in [0.5, 0.6) is 0 Å². The summed E-state index contributed by atoms with van der Waals surface area (Å²) in [5, 5.41) is 2.85. The summed E-state index contributed by atoms with van der Waals surface area (Å²) in [4.78, 5) is 38.8. The van der Waals surface area contributed by atoms with E-state index in [9.17, 15) is 14.4 Å². The molecule has 0 bridgehead atoms. The highest BCUT2D eigenvalue weighted by Crippen LogP contribution is 2.27. The molecule has 1 saturated heterocycles. The van der Waals surface area contributed by atoms with Crippen molar-refractivity contribution in [1.29, 1.82) is 0 Å². The van der Waals surface area contributed by atoms with E-state index in [0.29, 0.717) is 23.3 Å². The first-order valence-corrected chi connectivity index (χ1v) is 9.66. The standard InChI is InChI=1S/C22H23N3O4/c1-13(2)25-18-9-6-16(11-19(18)29-22(25)28)23-21(27)15-10-20(26)24(12-15)17-7-4-14(3)5-8-17/h4-9,11,13,15H,10,12H2,1-3H3,(H,23,27)/t15-/m0/s1. The number of hydrogen-bond acceptors (Lipinski definition) is 4. The molecule has 0 aliphatic carbocycles. The number of carbonyl (C=O) groups excluding carboxylic acids is 2. The van der Waals surface area contributed by atoms with Gasteiger partial charge in [-0.05, 0) is 45.0 Å². The Morgan fingerprint density at radius 2 is 1.86 bits per heavy atom. The molecule has 2 heterocycles. The molecule has 7 heteroatoms. The van der Waals surface area contributed by atoms with Gasteiger partial charge in [0, 0.05) is 36.4 Å². The highest BCUT2D eigenvalue weighted by atomic mass is 16.4. The van der Waals surface area contributed by atoms with Crippen LogP contribution in [0.25, 0.3) is 11.1 Å². The first-order valence-electron chi connectivity index (χ1n) is 9.66. The molecule has 0 spiro atoms. The Morgan fingerprint density at radius 3 is 2.55 bits per heavy atom. The van der Waals surface area contributed by atoms with Gasteiger partial charge in [0.2, 0.25) is 11.8 Å². The van der Waals surface area contributed by atoms with Gasteiger partial charge in [0.1, 0.15) is 0 Å². The Morgan fingerprint density at radius 1 is 1.14 bits per heavy atom. The number of aromatic nitrogens is 1. The van der Waals surface area contributed by atoms with Crippen molar-refractivity contribution in [3.63, 3.8) is 0 Å². The summed E-state index contributed by atoms with van der Waals surface area (Å²) in [6, 6.07) is 12.8. The van der Waals surface area contributed by atoms with E-state index in [-0.39, 0.29) is 24.3 Å². The van der Waals surface area contributed by atoms with Crippen LogP contribution in [-0.2, 0) is 9.59 Å². The van der Waals surface area contributed by atoms with Gasteiger partial charge in [0.15, 0.2) is 5.58 Å². The van der Waals surface area contributed by atoms with Crippen molar-refractivity contribution < 1.29 is 14.0 Å². The second-order valence-corrected chi connectivity index (χ2v) is 7.74. The normalized spacial score (nSPS) is 16.8. The molecule has 1 aliphatic heterocycles. The molecule has 0 saturated carbocycles. The van der Waals surface area contributed by atoms with Crippen molar-refractivity contribution in [3.05, 3.63) is 58.6 Å². The fraction of sp³-hybridized carbons (Fsp3) is 0.318. The molecule has 2 aromatic carbocycles. The topological polar surface area (TPSA) is 84.6 Å². The average molecular weight is 393 g/mol. The molecule has 4 rings (SSSR count). The van der Waals surface area contributed by atoms with Crippen molar-refractivity contribution in [1.82, 2.24) is 4.57 Å². The molecule has 1 N–H and O–H groups in total. The van der Waals surface area contributed by atoms with Crippen LogP contribution in [0.1, 0.15) is 31.9 Å². The van der Waals surface area contributed by atoms with Crippen LogP contribution in [0.2, 0.25) is 0 Å². The van der Waals surface area contributed by atoms with Gasteiger partial charge in [0.05, 0.1) is 11.4 Å². The number of oxazole rings is 1. The number of anilines is 2. The Bertz CT molecular complexity index is 1140. The molecule has 1 aliphatic rings. The molecule has 7 nitrogen and oxygen atoms in total. The Hall–Kier alpha value is -3.35. The Kier molecular flexibility index (Phi) is 4.74. The van der Waals surface area contributed by atoms with Gasteiger partial charge in [-0.15, -0.1) is 0 Å². The highest BCUT2D eigenvalue weighted by molar-refractivity contribution is 6.03. The first-order chi connectivity index (χ1) is 13.8. The van der Waals surface area contributed by atoms with Gasteiger partial charge in [-0.1, -0.05) is 17.7 Å². The van der Waals surface area contributed by atoms with E-state index in [0.717, 1.165) is 11.3 Å². The third-order valence-corrected chi connectivity index (χ3v) is 5.24. The number of carbonyl (C=O) groups is 2. The Balaban J connectivity index is 1.50. The molecule has 29 heavy (non-hydrogen) atoms. The molecule has 150 valence electrons. The molecule has 1 atom stereocenters. The fourth-order valence-corrected chi connectivity index (χ4v) is 3.70. The van der Waals surface area contributed by atoms with Gasteiger partial charge in [-0.25, -0.2) is 4.79 Å². The second kappa shape index (κ2) is 7.24.